The summed E-state index contributed by atoms with van der Waals surface area (Å²) in [4.78, 5) is 19.5. The molecule has 1 aromatic carbocycles. The molecule has 1 aromatic heterocycles. The molecule has 0 saturated carbocycles. The van der Waals surface area contributed by atoms with Crippen LogP contribution in [0.4, 0.5) is 5.69 Å². The third-order valence-electron chi connectivity index (χ3n) is 2.68. The lowest BCUT2D eigenvalue weighted by Gasteiger charge is -2.09. The molecule has 2 rings (SSSR count). The van der Waals surface area contributed by atoms with Crippen molar-refractivity contribution in [1.29, 1.82) is 0 Å². The highest BCUT2D eigenvalue weighted by Gasteiger charge is 2.08. The van der Waals surface area contributed by atoms with Crippen LogP contribution in [0.1, 0.15) is 21.5 Å². The topological polar surface area (TPSA) is 54.9 Å². The summed E-state index contributed by atoms with van der Waals surface area (Å²) in [6.45, 7) is 3.99. The number of nitrogens with zero attached hydrogens (tertiary/aromatic N) is 2. The summed E-state index contributed by atoms with van der Waals surface area (Å²) in [5, 5.41) is 2.85. The van der Waals surface area contributed by atoms with Crippen molar-refractivity contribution in [1.82, 2.24) is 9.97 Å². The number of aromatic nitrogens is 2. The van der Waals surface area contributed by atoms with E-state index in [9.17, 15) is 4.79 Å². The maximum Gasteiger partial charge on any atom is 0.258 e. The number of rotatable bonds is 2. The summed E-state index contributed by atoms with van der Waals surface area (Å²) in [5.41, 5.74) is 3.48. The molecule has 1 amide bonds. The number of hydrogen-bond acceptors (Lipinski definition) is 3. The Bertz CT molecular complexity index is 538. The molecule has 0 atom stereocenters. The van der Waals surface area contributed by atoms with Gasteiger partial charge in [0.15, 0.2) is 0 Å². The molecular weight excluding hydrogens is 214 g/mol. The van der Waals surface area contributed by atoms with E-state index in [1.165, 1.54) is 18.7 Å². The summed E-state index contributed by atoms with van der Waals surface area (Å²) in [5.74, 6) is -0.195. The Hall–Kier alpha value is -2.23. The number of carbonyl (C=O) groups excluding carboxylic acids is 1. The van der Waals surface area contributed by atoms with E-state index in [-0.39, 0.29) is 5.91 Å². The third-order valence-corrected chi connectivity index (χ3v) is 2.68. The molecule has 0 radical (unpaired) electrons. The monoisotopic (exact) mass is 227 g/mol. The summed E-state index contributed by atoms with van der Waals surface area (Å²) in [6.07, 6.45) is 4.38. The van der Waals surface area contributed by atoms with Crippen molar-refractivity contribution in [3.63, 3.8) is 0 Å². The number of nitrogens with one attached hydrogen (secondary N) is 1. The van der Waals surface area contributed by atoms with E-state index in [2.05, 4.69) is 15.3 Å². The number of aryl methyl sites for hydroxylation is 1. The zero-order chi connectivity index (χ0) is 12.3. The Balaban J connectivity index is 2.22. The molecule has 0 saturated heterocycles. The Labute approximate surface area is 99.7 Å². The first-order valence-corrected chi connectivity index (χ1v) is 5.31. The first-order chi connectivity index (χ1) is 8.18. The number of benzene rings is 1. The zero-order valence-corrected chi connectivity index (χ0v) is 9.77. The smallest absolute Gasteiger partial charge is 0.258 e. The molecule has 0 spiro atoms. The predicted octanol–water partition coefficient (Wildman–Crippen LogP) is 2.35. The molecule has 0 aliphatic rings. The molecule has 0 aliphatic carbocycles. The first-order valence-electron chi connectivity index (χ1n) is 5.31. The van der Waals surface area contributed by atoms with Crippen LogP contribution in [0.25, 0.3) is 0 Å². The van der Waals surface area contributed by atoms with Gasteiger partial charge in [0.1, 0.15) is 6.33 Å². The van der Waals surface area contributed by atoms with Gasteiger partial charge >= 0.3 is 0 Å². The highest BCUT2D eigenvalue weighted by atomic mass is 16.1. The van der Waals surface area contributed by atoms with E-state index < -0.39 is 0 Å². The second-order valence-corrected chi connectivity index (χ2v) is 3.83. The normalized spacial score (nSPS) is 10.0. The number of hydrogen-bond donors (Lipinski definition) is 1. The van der Waals surface area contributed by atoms with E-state index in [1.54, 1.807) is 0 Å². The molecule has 1 N–H and O–H groups in total. The summed E-state index contributed by atoms with van der Waals surface area (Å²) in [6, 6.07) is 5.81. The van der Waals surface area contributed by atoms with E-state index in [0.717, 1.165) is 16.8 Å². The van der Waals surface area contributed by atoms with Crippen LogP contribution in [0, 0.1) is 13.8 Å². The molecule has 4 heteroatoms. The van der Waals surface area contributed by atoms with Gasteiger partial charge in [0, 0.05) is 18.1 Å². The van der Waals surface area contributed by atoms with E-state index in [0.29, 0.717) is 5.56 Å². The minimum absolute atomic E-state index is 0.195. The minimum Gasteiger partial charge on any atom is -0.322 e. The molecule has 17 heavy (non-hydrogen) atoms. The van der Waals surface area contributed by atoms with Crippen molar-refractivity contribution in [2.24, 2.45) is 0 Å². The van der Waals surface area contributed by atoms with Crippen LogP contribution in [0.15, 0.2) is 36.9 Å². The fraction of sp³-hybridized carbons (Fsp3) is 0.154. The summed E-state index contributed by atoms with van der Waals surface area (Å²) in [7, 11) is 0. The van der Waals surface area contributed by atoms with Crippen molar-refractivity contribution >= 4 is 11.6 Å². The highest BCUT2D eigenvalue weighted by molar-refractivity contribution is 6.04. The maximum atomic E-state index is 11.9. The molecule has 0 aliphatic heterocycles. The molecule has 4 nitrogen and oxygen atoms in total. The van der Waals surface area contributed by atoms with Crippen LogP contribution >= 0.6 is 0 Å². The average molecular weight is 227 g/mol. The van der Waals surface area contributed by atoms with Crippen LogP contribution in [-0.4, -0.2) is 15.9 Å². The lowest BCUT2D eigenvalue weighted by molar-refractivity contribution is 0.102. The van der Waals surface area contributed by atoms with Gasteiger partial charge in [-0.3, -0.25) is 4.79 Å². The Morgan fingerprint density at radius 2 is 1.88 bits per heavy atom. The second-order valence-electron chi connectivity index (χ2n) is 3.83. The van der Waals surface area contributed by atoms with Gasteiger partial charge in [0.2, 0.25) is 0 Å². The lowest BCUT2D eigenvalue weighted by Crippen LogP contribution is -2.13. The fourth-order valence-electron chi connectivity index (χ4n) is 1.50. The van der Waals surface area contributed by atoms with Crippen molar-refractivity contribution in [3.05, 3.63) is 53.6 Å². The largest absolute Gasteiger partial charge is 0.322 e. The summed E-state index contributed by atoms with van der Waals surface area (Å²) >= 11 is 0. The van der Waals surface area contributed by atoms with Gasteiger partial charge in [-0.25, -0.2) is 9.97 Å². The summed E-state index contributed by atoms with van der Waals surface area (Å²) < 4.78 is 0. The van der Waals surface area contributed by atoms with E-state index >= 15 is 0 Å². The zero-order valence-electron chi connectivity index (χ0n) is 9.77. The Morgan fingerprint density at radius 1 is 1.18 bits per heavy atom. The molecule has 1 heterocycles. The van der Waals surface area contributed by atoms with E-state index in [1.807, 2.05) is 32.0 Å². The number of anilines is 1. The Morgan fingerprint density at radius 3 is 2.59 bits per heavy atom. The van der Waals surface area contributed by atoms with Crippen molar-refractivity contribution < 1.29 is 4.79 Å². The van der Waals surface area contributed by atoms with Gasteiger partial charge in [-0.05, 0) is 31.0 Å². The second kappa shape index (κ2) is 4.74. The van der Waals surface area contributed by atoms with Gasteiger partial charge in [0.25, 0.3) is 5.91 Å². The highest BCUT2D eigenvalue weighted by Crippen LogP contribution is 2.18. The molecule has 0 bridgehead atoms. The van der Waals surface area contributed by atoms with Crippen LogP contribution in [0.3, 0.4) is 0 Å². The van der Waals surface area contributed by atoms with Gasteiger partial charge in [-0.1, -0.05) is 12.1 Å². The third kappa shape index (κ3) is 2.47. The standard InChI is InChI=1S/C13H13N3O/c1-9-4-3-5-12(10(9)2)16-13(17)11-6-14-8-15-7-11/h3-8H,1-2H3,(H,16,17). The van der Waals surface area contributed by atoms with Gasteiger partial charge in [0.05, 0.1) is 5.56 Å². The van der Waals surface area contributed by atoms with Gasteiger partial charge in [-0.2, -0.15) is 0 Å². The van der Waals surface area contributed by atoms with E-state index in [4.69, 9.17) is 0 Å². The number of amides is 1. The average Bonchev–Trinajstić information content (AvgIpc) is 2.36. The first kappa shape index (κ1) is 11.3. The minimum atomic E-state index is -0.195. The Kier molecular flexibility index (Phi) is 3.14. The van der Waals surface area contributed by atoms with Crippen molar-refractivity contribution in [3.8, 4) is 0 Å². The quantitative estimate of drug-likeness (QED) is 0.856. The van der Waals surface area contributed by atoms with Gasteiger partial charge in [-0.15, -0.1) is 0 Å². The van der Waals surface area contributed by atoms with Crippen molar-refractivity contribution in [2.75, 3.05) is 5.32 Å². The van der Waals surface area contributed by atoms with Gasteiger partial charge < -0.3 is 5.32 Å². The van der Waals surface area contributed by atoms with Crippen LogP contribution in [0.5, 0.6) is 0 Å². The number of carbonyl (C=O) groups is 1. The molecular formula is C13H13N3O. The lowest BCUT2D eigenvalue weighted by atomic mass is 10.1. The van der Waals surface area contributed by atoms with Crippen LogP contribution in [-0.2, 0) is 0 Å². The fourth-order valence-corrected chi connectivity index (χ4v) is 1.50. The molecule has 2 aromatic rings. The van der Waals surface area contributed by atoms with Crippen LogP contribution in [0.2, 0.25) is 0 Å². The molecule has 0 fully saturated rings. The predicted molar refractivity (Wildman–Crippen MR) is 65.9 cm³/mol. The molecule has 86 valence electrons. The van der Waals surface area contributed by atoms with Crippen molar-refractivity contribution in [2.45, 2.75) is 13.8 Å². The SMILES string of the molecule is Cc1cccc(NC(=O)c2cncnc2)c1C. The molecule has 0 unspecified atom stereocenters. The maximum absolute atomic E-state index is 11.9. The van der Waals surface area contributed by atoms with Crippen LogP contribution < -0.4 is 5.32 Å².